The van der Waals surface area contributed by atoms with Gasteiger partial charge in [-0.1, -0.05) is 24.6 Å². The molecule has 1 heterocycles. The summed E-state index contributed by atoms with van der Waals surface area (Å²) in [6.07, 6.45) is 3.72. The zero-order chi connectivity index (χ0) is 22.9. The van der Waals surface area contributed by atoms with E-state index in [9.17, 15) is 18.0 Å². The first kappa shape index (κ1) is 22.2. The summed E-state index contributed by atoms with van der Waals surface area (Å²) in [6.45, 7) is 3.55. The van der Waals surface area contributed by atoms with Crippen LogP contribution in [0.15, 0.2) is 56.6 Å². The summed E-state index contributed by atoms with van der Waals surface area (Å²) in [6, 6.07) is 10.2. The molecule has 1 aromatic heterocycles. The Balaban J connectivity index is 1.55. The summed E-state index contributed by atoms with van der Waals surface area (Å²) < 4.78 is 38.6. The Hall–Kier alpha value is -2.97. The molecule has 2 aromatic carbocycles. The molecule has 0 saturated heterocycles. The van der Waals surface area contributed by atoms with E-state index in [0.717, 1.165) is 41.3 Å². The molecule has 1 aliphatic carbocycles. The SMILES string of the molecule is CC[C@@H](NS(=O)(=O)c1ccc(C)cc1)C(=O)Oc1ccc2c3c(c(=O)oc2c1)CCCC3. The lowest BCUT2D eigenvalue weighted by Crippen LogP contribution is -2.42. The Morgan fingerprint density at radius 3 is 2.47 bits per heavy atom. The van der Waals surface area contributed by atoms with E-state index < -0.39 is 22.0 Å². The molecule has 3 aromatic rings. The third-order valence-corrected chi connectivity index (χ3v) is 7.22. The summed E-state index contributed by atoms with van der Waals surface area (Å²) in [5.41, 5.74) is 2.66. The minimum absolute atomic E-state index is 0.0756. The number of esters is 1. The van der Waals surface area contributed by atoms with Crippen LogP contribution >= 0.6 is 0 Å². The fourth-order valence-electron chi connectivity index (χ4n) is 3.95. The number of carbonyl (C=O) groups excluding carboxylic acids is 1. The van der Waals surface area contributed by atoms with Crippen molar-refractivity contribution in [3.63, 3.8) is 0 Å². The molecule has 0 saturated carbocycles. The predicted octanol–water partition coefficient (Wildman–Crippen LogP) is 3.64. The second-order valence-corrected chi connectivity index (χ2v) is 9.74. The maximum Gasteiger partial charge on any atom is 0.339 e. The van der Waals surface area contributed by atoms with Gasteiger partial charge in [-0.2, -0.15) is 4.72 Å². The zero-order valence-corrected chi connectivity index (χ0v) is 18.8. The molecule has 1 atom stereocenters. The Labute approximate surface area is 186 Å². The number of hydrogen-bond donors (Lipinski definition) is 1. The number of carbonyl (C=O) groups is 1. The number of nitrogens with one attached hydrogen (secondary N) is 1. The summed E-state index contributed by atoms with van der Waals surface area (Å²) in [5.74, 6) is -0.544. The smallest absolute Gasteiger partial charge is 0.339 e. The van der Waals surface area contributed by atoms with Gasteiger partial charge in [0.25, 0.3) is 0 Å². The van der Waals surface area contributed by atoms with E-state index in [2.05, 4.69) is 4.72 Å². The van der Waals surface area contributed by atoms with Gasteiger partial charge in [0, 0.05) is 17.0 Å². The Bertz CT molecular complexity index is 1330. The van der Waals surface area contributed by atoms with Gasteiger partial charge in [-0.25, -0.2) is 18.0 Å². The van der Waals surface area contributed by atoms with Crippen molar-refractivity contribution in [1.29, 1.82) is 0 Å². The van der Waals surface area contributed by atoms with E-state index in [1.165, 1.54) is 18.2 Å². The number of benzene rings is 2. The molecular formula is C24H25NO6S. The van der Waals surface area contributed by atoms with Crippen LogP contribution in [0.2, 0.25) is 0 Å². The van der Waals surface area contributed by atoms with Crippen LogP contribution in [0.4, 0.5) is 0 Å². The van der Waals surface area contributed by atoms with Crippen LogP contribution in [0, 0.1) is 6.92 Å². The quantitative estimate of drug-likeness (QED) is 0.346. The van der Waals surface area contributed by atoms with Crippen molar-refractivity contribution < 1.29 is 22.4 Å². The highest BCUT2D eigenvalue weighted by Gasteiger charge is 2.26. The van der Waals surface area contributed by atoms with Crippen molar-refractivity contribution in [2.75, 3.05) is 0 Å². The van der Waals surface area contributed by atoms with Crippen molar-refractivity contribution in [2.45, 2.75) is 56.9 Å². The monoisotopic (exact) mass is 455 g/mol. The molecule has 32 heavy (non-hydrogen) atoms. The molecule has 168 valence electrons. The lowest BCUT2D eigenvalue weighted by atomic mass is 9.91. The predicted molar refractivity (Wildman–Crippen MR) is 120 cm³/mol. The third kappa shape index (κ3) is 4.47. The van der Waals surface area contributed by atoms with Gasteiger partial charge in [-0.05, 0) is 68.9 Å². The molecule has 8 heteroatoms. The van der Waals surface area contributed by atoms with E-state index in [0.29, 0.717) is 12.0 Å². The van der Waals surface area contributed by atoms with Gasteiger partial charge < -0.3 is 9.15 Å². The number of fused-ring (bicyclic) bond motifs is 3. The van der Waals surface area contributed by atoms with Crippen molar-refractivity contribution in [1.82, 2.24) is 4.72 Å². The van der Waals surface area contributed by atoms with Crippen LogP contribution in [-0.4, -0.2) is 20.4 Å². The first-order valence-corrected chi connectivity index (χ1v) is 12.2. The zero-order valence-electron chi connectivity index (χ0n) is 18.0. The topological polar surface area (TPSA) is 103 Å². The maximum atomic E-state index is 12.7. The van der Waals surface area contributed by atoms with Crippen LogP contribution in [0.5, 0.6) is 5.75 Å². The third-order valence-electron chi connectivity index (χ3n) is 5.73. The van der Waals surface area contributed by atoms with Crippen LogP contribution in [0.3, 0.4) is 0 Å². The molecule has 0 bridgehead atoms. The van der Waals surface area contributed by atoms with Crippen LogP contribution in [0.1, 0.15) is 42.9 Å². The van der Waals surface area contributed by atoms with Gasteiger partial charge >= 0.3 is 11.6 Å². The average molecular weight is 456 g/mol. The summed E-state index contributed by atoms with van der Waals surface area (Å²) in [4.78, 5) is 25.1. The molecule has 0 fully saturated rings. The van der Waals surface area contributed by atoms with E-state index >= 15 is 0 Å². The molecule has 0 unspecified atom stereocenters. The molecular weight excluding hydrogens is 430 g/mol. The highest BCUT2D eigenvalue weighted by Crippen LogP contribution is 2.29. The number of sulfonamides is 1. The van der Waals surface area contributed by atoms with Crippen molar-refractivity contribution in [2.24, 2.45) is 0 Å². The van der Waals surface area contributed by atoms with Crippen LogP contribution in [0.25, 0.3) is 11.0 Å². The molecule has 0 spiro atoms. The van der Waals surface area contributed by atoms with E-state index in [1.54, 1.807) is 31.2 Å². The average Bonchev–Trinajstić information content (AvgIpc) is 2.78. The van der Waals surface area contributed by atoms with Crippen LogP contribution in [-0.2, 0) is 27.7 Å². The van der Waals surface area contributed by atoms with E-state index in [1.807, 2.05) is 6.92 Å². The standard InChI is InChI=1S/C24H25NO6S/c1-3-21(25-32(28,29)17-11-8-15(2)9-12-17)24(27)30-16-10-13-19-18-6-4-5-7-20(18)23(26)31-22(19)14-16/h8-14,21,25H,3-7H2,1-2H3/t21-/m1/s1. The van der Waals surface area contributed by atoms with E-state index in [4.69, 9.17) is 9.15 Å². The second kappa shape index (κ2) is 8.88. The van der Waals surface area contributed by atoms with Crippen molar-refractivity contribution in [3.05, 3.63) is 69.6 Å². The van der Waals surface area contributed by atoms with Crippen molar-refractivity contribution in [3.8, 4) is 5.75 Å². The summed E-state index contributed by atoms with van der Waals surface area (Å²) >= 11 is 0. The van der Waals surface area contributed by atoms with E-state index in [-0.39, 0.29) is 22.7 Å². The van der Waals surface area contributed by atoms with Crippen molar-refractivity contribution >= 4 is 27.0 Å². The fraction of sp³-hybridized carbons (Fsp3) is 0.333. The molecule has 1 aliphatic rings. The van der Waals surface area contributed by atoms with Gasteiger partial charge in [0.2, 0.25) is 10.0 Å². The van der Waals surface area contributed by atoms with Gasteiger partial charge in [0.15, 0.2) is 0 Å². The Morgan fingerprint density at radius 1 is 1.09 bits per heavy atom. The second-order valence-electron chi connectivity index (χ2n) is 8.03. The number of ether oxygens (including phenoxy) is 1. The number of hydrogen-bond acceptors (Lipinski definition) is 6. The Kier molecular flexibility index (Phi) is 6.17. The molecule has 0 radical (unpaired) electrons. The Morgan fingerprint density at radius 2 is 1.78 bits per heavy atom. The molecule has 0 amide bonds. The largest absolute Gasteiger partial charge is 0.425 e. The summed E-state index contributed by atoms with van der Waals surface area (Å²) in [5, 5.41) is 0.839. The fourth-order valence-corrected chi connectivity index (χ4v) is 5.22. The number of aryl methyl sites for hydroxylation is 2. The minimum atomic E-state index is -3.89. The molecule has 7 nitrogen and oxygen atoms in total. The summed E-state index contributed by atoms with van der Waals surface area (Å²) in [7, 11) is -3.89. The van der Waals surface area contributed by atoms with Crippen LogP contribution < -0.4 is 15.1 Å². The van der Waals surface area contributed by atoms with Gasteiger partial charge in [-0.15, -0.1) is 0 Å². The molecule has 4 rings (SSSR count). The first-order chi connectivity index (χ1) is 15.3. The molecule has 1 N–H and O–H groups in total. The molecule has 0 aliphatic heterocycles. The van der Waals surface area contributed by atoms with Gasteiger partial charge in [-0.3, -0.25) is 0 Å². The number of rotatable bonds is 6. The minimum Gasteiger partial charge on any atom is -0.425 e. The lowest BCUT2D eigenvalue weighted by Gasteiger charge is -2.18. The highest BCUT2D eigenvalue weighted by molar-refractivity contribution is 7.89. The van der Waals surface area contributed by atoms with Gasteiger partial charge in [0.1, 0.15) is 17.4 Å². The lowest BCUT2D eigenvalue weighted by molar-refractivity contribution is -0.136. The van der Waals surface area contributed by atoms with Gasteiger partial charge in [0.05, 0.1) is 4.90 Å². The normalized spacial score (nSPS) is 14.7. The highest BCUT2D eigenvalue weighted by atomic mass is 32.2. The first-order valence-electron chi connectivity index (χ1n) is 10.7. The maximum absolute atomic E-state index is 12.7.